The van der Waals surface area contributed by atoms with Crippen molar-refractivity contribution in [2.75, 3.05) is 0 Å². The molecule has 0 spiro atoms. The van der Waals surface area contributed by atoms with Crippen LogP contribution >= 0.6 is 23.2 Å². The van der Waals surface area contributed by atoms with Crippen molar-refractivity contribution in [3.05, 3.63) is 33.8 Å². The highest BCUT2D eigenvalue weighted by Crippen LogP contribution is 2.39. The number of rotatable bonds is 2. The predicted molar refractivity (Wildman–Crippen MR) is 79.3 cm³/mol. The van der Waals surface area contributed by atoms with Crippen molar-refractivity contribution in [3.8, 4) is 0 Å². The van der Waals surface area contributed by atoms with Crippen molar-refractivity contribution < 1.29 is 0 Å². The first-order valence-corrected chi connectivity index (χ1v) is 7.32. The predicted octanol–water partition coefficient (Wildman–Crippen LogP) is 4.69. The van der Waals surface area contributed by atoms with Crippen LogP contribution in [-0.2, 0) is 6.42 Å². The van der Waals surface area contributed by atoms with E-state index in [0.717, 1.165) is 12.8 Å². The van der Waals surface area contributed by atoms with E-state index in [1.807, 2.05) is 12.1 Å². The van der Waals surface area contributed by atoms with Gasteiger partial charge < -0.3 is 5.73 Å². The maximum absolute atomic E-state index is 6.26. The number of hydrogen-bond acceptors (Lipinski definition) is 1. The SMILES string of the molecule is CC1(C)CCC(N)C(Cc2ccc(Cl)c(Cl)c2)C1. The van der Waals surface area contributed by atoms with E-state index < -0.39 is 0 Å². The van der Waals surface area contributed by atoms with Gasteiger partial charge in [-0.3, -0.25) is 0 Å². The number of hydrogen-bond donors (Lipinski definition) is 1. The van der Waals surface area contributed by atoms with E-state index in [2.05, 4.69) is 19.9 Å². The van der Waals surface area contributed by atoms with Gasteiger partial charge in [-0.2, -0.15) is 0 Å². The lowest BCUT2D eigenvalue weighted by atomic mass is 9.68. The largest absolute Gasteiger partial charge is 0.327 e. The Kier molecular flexibility index (Phi) is 4.25. The molecule has 0 saturated heterocycles. The van der Waals surface area contributed by atoms with Gasteiger partial charge in [-0.25, -0.2) is 0 Å². The third kappa shape index (κ3) is 3.40. The van der Waals surface area contributed by atoms with E-state index in [9.17, 15) is 0 Å². The molecular formula is C15H21Cl2N. The molecule has 0 amide bonds. The van der Waals surface area contributed by atoms with Crippen LogP contribution in [0.15, 0.2) is 18.2 Å². The Bertz CT molecular complexity index is 429. The van der Waals surface area contributed by atoms with E-state index in [1.165, 1.54) is 18.4 Å². The Hall–Kier alpha value is -0.240. The molecule has 1 aromatic carbocycles. The summed E-state index contributed by atoms with van der Waals surface area (Å²) in [4.78, 5) is 0. The maximum atomic E-state index is 6.26. The summed E-state index contributed by atoms with van der Waals surface area (Å²) in [5.41, 5.74) is 7.91. The van der Waals surface area contributed by atoms with Crippen molar-refractivity contribution in [2.24, 2.45) is 17.1 Å². The minimum Gasteiger partial charge on any atom is -0.327 e. The lowest BCUT2D eigenvalue weighted by molar-refractivity contribution is 0.157. The molecular weight excluding hydrogens is 265 g/mol. The van der Waals surface area contributed by atoms with Crippen LogP contribution in [0.1, 0.15) is 38.7 Å². The van der Waals surface area contributed by atoms with Crippen LogP contribution in [0.3, 0.4) is 0 Å². The van der Waals surface area contributed by atoms with Gasteiger partial charge in [0.05, 0.1) is 10.0 Å². The molecule has 3 heteroatoms. The second-order valence-electron chi connectivity index (χ2n) is 6.28. The molecule has 0 bridgehead atoms. The summed E-state index contributed by atoms with van der Waals surface area (Å²) in [6, 6.07) is 6.21. The van der Waals surface area contributed by atoms with Gasteiger partial charge >= 0.3 is 0 Å². The first-order valence-electron chi connectivity index (χ1n) is 6.57. The van der Waals surface area contributed by atoms with Crippen LogP contribution in [0.25, 0.3) is 0 Å². The standard InChI is InChI=1S/C15H21Cl2N/c1-15(2)6-5-14(18)11(9-15)7-10-3-4-12(16)13(17)8-10/h3-4,8,11,14H,5-7,9,18H2,1-2H3. The molecule has 0 heterocycles. The zero-order valence-electron chi connectivity index (χ0n) is 11.0. The van der Waals surface area contributed by atoms with Gasteiger partial charge in [0.1, 0.15) is 0 Å². The van der Waals surface area contributed by atoms with E-state index in [0.29, 0.717) is 27.4 Å². The molecule has 100 valence electrons. The van der Waals surface area contributed by atoms with Gasteiger partial charge in [0.2, 0.25) is 0 Å². The molecule has 1 aliphatic carbocycles. The second-order valence-corrected chi connectivity index (χ2v) is 7.10. The Morgan fingerprint density at radius 3 is 2.67 bits per heavy atom. The van der Waals surface area contributed by atoms with Gasteiger partial charge in [-0.05, 0) is 54.7 Å². The minimum atomic E-state index is 0.312. The van der Waals surface area contributed by atoms with Gasteiger partial charge in [-0.15, -0.1) is 0 Å². The first-order chi connectivity index (χ1) is 8.37. The van der Waals surface area contributed by atoms with Crippen molar-refractivity contribution >= 4 is 23.2 Å². The highest BCUT2D eigenvalue weighted by atomic mass is 35.5. The lowest BCUT2D eigenvalue weighted by Gasteiger charge is -2.39. The fourth-order valence-corrected chi connectivity index (χ4v) is 3.27. The molecule has 0 radical (unpaired) electrons. The van der Waals surface area contributed by atoms with Gasteiger partial charge in [0, 0.05) is 6.04 Å². The van der Waals surface area contributed by atoms with Crippen LogP contribution in [0.4, 0.5) is 0 Å². The van der Waals surface area contributed by atoms with Crippen molar-refractivity contribution in [3.63, 3.8) is 0 Å². The Morgan fingerprint density at radius 2 is 2.00 bits per heavy atom. The molecule has 1 saturated carbocycles. The summed E-state index contributed by atoms with van der Waals surface area (Å²) in [5, 5.41) is 1.26. The van der Waals surface area contributed by atoms with Crippen molar-refractivity contribution in [1.82, 2.24) is 0 Å². The van der Waals surface area contributed by atoms with Gasteiger partial charge in [-0.1, -0.05) is 43.1 Å². The fourth-order valence-electron chi connectivity index (χ4n) is 2.95. The highest BCUT2D eigenvalue weighted by Gasteiger charge is 2.32. The molecule has 18 heavy (non-hydrogen) atoms. The zero-order valence-corrected chi connectivity index (χ0v) is 12.6. The van der Waals surface area contributed by atoms with Crippen molar-refractivity contribution in [1.29, 1.82) is 0 Å². The van der Waals surface area contributed by atoms with Gasteiger partial charge in [0.25, 0.3) is 0 Å². The average molecular weight is 286 g/mol. The smallest absolute Gasteiger partial charge is 0.0595 e. The van der Waals surface area contributed by atoms with Gasteiger partial charge in [0.15, 0.2) is 0 Å². The molecule has 2 rings (SSSR count). The summed E-state index contributed by atoms with van der Waals surface area (Å²) in [7, 11) is 0. The molecule has 1 fully saturated rings. The molecule has 1 aromatic rings. The Morgan fingerprint density at radius 1 is 1.28 bits per heavy atom. The van der Waals surface area contributed by atoms with Crippen LogP contribution in [0.2, 0.25) is 10.0 Å². The highest BCUT2D eigenvalue weighted by molar-refractivity contribution is 6.42. The van der Waals surface area contributed by atoms with E-state index >= 15 is 0 Å². The van der Waals surface area contributed by atoms with Crippen LogP contribution in [0, 0.1) is 11.3 Å². The number of benzene rings is 1. The molecule has 2 N–H and O–H groups in total. The van der Waals surface area contributed by atoms with E-state index in [1.54, 1.807) is 0 Å². The summed E-state index contributed by atoms with van der Waals surface area (Å²) in [6.07, 6.45) is 4.54. The molecule has 1 aliphatic rings. The molecule has 1 nitrogen and oxygen atoms in total. The van der Waals surface area contributed by atoms with E-state index in [4.69, 9.17) is 28.9 Å². The summed E-state index contributed by atoms with van der Waals surface area (Å²) in [5.74, 6) is 0.547. The zero-order chi connectivity index (χ0) is 13.3. The molecule has 0 aliphatic heterocycles. The van der Waals surface area contributed by atoms with Crippen LogP contribution in [0.5, 0.6) is 0 Å². The second kappa shape index (κ2) is 5.40. The van der Waals surface area contributed by atoms with Crippen molar-refractivity contribution in [2.45, 2.75) is 45.6 Å². The molecule has 0 aromatic heterocycles. The third-order valence-corrected chi connectivity index (χ3v) is 4.80. The Labute approximate surface area is 120 Å². The van der Waals surface area contributed by atoms with Crippen LogP contribution in [-0.4, -0.2) is 6.04 Å². The topological polar surface area (TPSA) is 26.0 Å². The summed E-state index contributed by atoms with van der Waals surface area (Å²) < 4.78 is 0. The number of halogens is 2. The monoisotopic (exact) mass is 285 g/mol. The number of nitrogens with two attached hydrogens (primary N) is 1. The Balaban J connectivity index is 2.09. The average Bonchev–Trinajstić information content (AvgIpc) is 2.28. The third-order valence-electron chi connectivity index (χ3n) is 4.06. The summed E-state index contributed by atoms with van der Waals surface area (Å²) >= 11 is 12.0. The first kappa shape index (κ1) is 14.2. The molecule has 2 atom stereocenters. The normalized spacial score (nSPS) is 27.2. The van der Waals surface area contributed by atoms with E-state index in [-0.39, 0.29) is 0 Å². The molecule has 2 unspecified atom stereocenters. The lowest BCUT2D eigenvalue weighted by Crippen LogP contribution is -2.40. The maximum Gasteiger partial charge on any atom is 0.0595 e. The quantitative estimate of drug-likeness (QED) is 0.838. The van der Waals surface area contributed by atoms with Crippen LogP contribution < -0.4 is 5.73 Å². The minimum absolute atomic E-state index is 0.312. The summed E-state index contributed by atoms with van der Waals surface area (Å²) in [6.45, 7) is 4.67. The fraction of sp³-hybridized carbons (Fsp3) is 0.600.